The fourth-order valence-corrected chi connectivity index (χ4v) is 4.76. The molecule has 202 valence electrons. The van der Waals surface area contributed by atoms with E-state index in [4.69, 9.17) is 14.7 Å². The van der Waals surface area contributed by atoms with Gasteiger partial charge in [-0.05, 0) is 62.0 Å². The van der Waals surface area contributed by atoms with Crippen LogP contribution < -0.4 is 14.5 Å². The van der Waals surface area contributed by atoms with E-state index < -0.39 is 0 Å². The number of rotatable bonds is 4. The van der Waals surface area contributed by atoms with Crippen molar-refractivity contribution in [2.45, 2.75) is 40.0 Å². The summed E-state index contributed by atoms with van der Waals surface area (Å²) in [5.74, 6) is 1.18. The zero-order chi connectivity index (χ0) is 26.6. The van der Waals surface area contributed by atoms with Crippen LogP contribution in [0.5, 0.6) is 11.5 Å². The van der Waals surface area contributed by atoms with Crippen LogP contribution in [-0.4, -0.2) is 21.4 Å². The Bertz CT molecular complexity index is 1670. The van der Waals surface area contributed by atoms with Gasteiger partial charge in [0.05, 0.1) is 11.4 Å². The summed E-state index contributed by atoms with van der Waals surface area (Å²) in [6.07, 6.45) is 3.79. The van der Waals surface area contributed by atoms with Crippen LogP contribution in [0.4, 0.5) is 17.1 Å². The minimum absolute atomic E-state index is 0. The number of para-hydroxylation sites is 2. The molecule has 6 rings (SSSR count). The molecule has 0 unspecified atom stereocenters. The third-order valence-electron chi connectivity index (χ3n) is 7.03. The molecule has 4 heterocycles. The van der Waals surface area contributed by atoms with Gasteiger partial charge in [0.1, 0.15) is 0 Å². The van der Waals surface area contributed by atoms with Gasteiger partial charge in [-0.25, -0.2) is 0 Å². The van der Waals surface area contributed by atoms with Crippen LogP contribution in [0, 0.1) is 32.6 Å². The van der Waals surface area contributed by atoms with Gasteiger partial charge >= 0.3 is 0 Å². The Hall–Kier alpha value is -3.63. The van der Waals surface area contributed by atoms with E-state index in [1.807, 2.05) is 56.7 Å². The summed E-state index contributed by atoms with van der Waals surface area (Å²) < 4.78 is 8.44. The van der Waals surface area contributed by atoms with Crippen molar-refractivity contribution in [3.05, 3.63) is 103 Å². The molecule has 0 atom stereocenters. The summed E-state index contributed by atoms with van der Waals surface area (Å²) in [6, 6.07) is 25.3. The number of pyridine rings is 2. The summed E-state index contributed by atoms with van der Waals surface area (Å²) in [5, 5.41) is 0. The van der Waals surface area contributed by atoms with E-state index in [0.717, 1.165) is 45.4 Å². The molecule has 1 aliphatic rings. The van der Waals surface area contributed by atoms with Gasteiger partial charge in [-0.1, -0.05) is 50.6 Å². The van der Waals surface area contributed by atoms with Crippen molar-refractivity contribution in [3.8, 4) is 22.8 Å². The predicted octanol–water partition coefficient (Wildman–Crippen LogP) is 7.41. The van der Waals surface area contributed by atoms with Crippen LogP contribution in [0.3, 0.4) is 0 Å². The van der Waals surface area contributed by atoms with Gasteiger partial charge in [0.25, 0.3) is 0 Å². The Balaban J connectivity index is 0.00000308. The Morgan fingerprint density at radius 3 is 2.46 bits per heavy atom. The standard InChI is InChI=1S/C32H30N5O.Pt/c1-21-22(2)36-19-26(18-27(31(36)34-21)28-16-23(14-15-33-28)32(3,4)5)38-25-11-9-10-24(17-25)37-20-35(6)29-12-7-8-13-30(29)37;/h7-16,19-20H,1-6H3;/q-3;. The Kier molecular flexibility index (Phi) is 7.02. The molecular formula is C32H30N5OPt-3. The SMILES string of the molecule is Cc1nc2c(-c3cc(C(C)(C)C)ccn3)[c-]c(Oc3[c-]c(N4[CH-]N(C)c5ccccc54)ccc3)cn2c1C.[Pt]. The van der Waals surface area contributed by atoms with Gasteiger partial charge < -0.3 is 23.9 Å². The van der Waals surface area contributed by atoms with Crippen molar-refractivity contribution in [2.75, 3.05) is 16.8 Å². The van der Waals surface area contributed by atoms with E-state index in [1.165, 1.54) is 5.56 Å². The van der Waals surface area contributed by atoms with Gasteiger partial charge in [0, 0.05) is 55.8 Å². The summed E-state index contributed by atoms with van der Waals surface area (Å²) in [6.45, 7) is 12.7. The normalized spacial score (nSPS) is 13.0. The van der Waals surface area contributed by atoms with Crippen LogP contribution in [0.2, 0.25) is 0 Å². The van der Waals surface area contributed by atoms with Crippen molar-refractivity contribution in [1.82, 2.24) is 14.4 Å². The molecule has 0 spiro atoms. The summed E-state index contributed by atoms with van der Waals surface area (Å²) in [4.78, 5) is 13.8. The monoisotopic (exact) mass is 695 g/mol. The fourth-order valence-electron chi connectivity index (χ4n) is 4.76. The number of aryl methyl sites for hydroxylation is 2. The molecule has 0 fully saturated rings. The third-order valence-corrected chi connectivity index (χ3v) is 7.03. The first-order valence-electron chi connectivity index (χ1n) is 12.7. The molecule has 0 saturated carbocycles. The average Bonchev–Trinajstić information content (AvgIpc) is 3.39. The number of hydrogen-bond acceptors (Lipinski definition) is 5. The zero-order valence-corrected chi connectivity index (χ0v) is 25.2. The number of imidazole rings is 1. The molecule has 0 radical (unpaired) electrons. The first-order chi connectivity index (χ1) is 18.2. The van der Waals surface area contributed by atoms with Crippen molar-refractivity contribution >= 4 is 22.7 Å². The number of aromatic nitrogens is 3. The maximum atomic E-state index is 6.38. The molecule has 0 saturated heterocycles. The molecule has 3 aromatic heterocycles. The molecule has 0 bridgehead atoms. The molecule has 0 N–H and O–H groups in total. The van der Waals surface area contributed by atoms with Crippen LogP contribution in [-0.2, 0) is 26.5 Å². The minimum Gasteiger partial charge on any atom is -0.504 e. The number of nitrogens with zero attached hydrogens (tertiary/aromatic N) is 5. The quantitative estimate of drug-likeness (QED) is 0.184. The molecule has 6 nitrogen and oxygen atoms in total. The van der Waals surface area contributed by atoms with Crippen molar-refractivity contribution in [3.63, 3.8) is 0 Å². The van der Waals surface area contributed by atoms with Crippen LogP contribution >= 0.6 is 0 Å². The van der Waals surface area contributed by atoms with Crippen molar-refractivity contribution in [1.29, 1.82) is 0 Å². The second kappa shape index (κ2) is 10.2. The minimum atomic E-state index is -0.00197. The van der Waals surface area contributed by atoms with E-state index in [0.29, 0.717) is 11.5 Å². The van der Waals surface area contributed by atoms with Gasteiger partial charge in [-0.15, -0.1) is 23.9 Å². The topological polar surface area (TPSA) is 45.9 Å². The largest absolute Gasteiger partial charge is 0.504 e. The second-order valence-electron chi connectivity index (χ2n) is 10.7. The maximum Gasteiger partial charge on any atom is 0.0584 e. The van der Waals surface area contributed by atoms with Gasteiger partial charge in [-0.3, -0.25) is 4.98 Å². The smallest absolute Gasteiger partial charge is 0.0584 e. The number of fused-ring (bicyclic) bond motifs is 2. The van der Waals surface area contributed by atoms with E-state index in [9.17, 15) is 0 Å². The Morgan fingerprint density at radius 1 is 0.923 bits per heavy atom. The van der Waals surface area contributed by atoms with Gasteiger partial charge in [0.2, 0.25) is 0 Å². The molecule has 0 aliphatic carbocycles. The average molecular weight is 696 g/mol. The van der Waals surface area contributed by atoms with E-state index in [2.05, 4.69) is 85.0 Å². The van der Waals surface area contributed by atoms with Gasteiger partial charge in [0.15, 0.2) is 0 Å². The summed E-state index contributed by atoms with van der Waals surface area (Å²) >= 11 is 0. The molecule has 2 aromatic carbocycles. The Morgan fingerprint density at radius 2 is 1.69 bits per heavy atom. The molecule has 1 aliphatic heterocycles. The molecule has 39 heavy (non-hydrogen) atoms. The zero-order valence-electron chi connectivity index (χ0n) is 22.9. The van der Waals surface area contributed by atoms with E-state index >= 15 is 0 Å². The summed E-state index contributed by atoms with van der Waals surface area (Å²) in [5.41, 5.74) is 8.81. The van der Waals surface area contributed by atoms with E-state index in [1.54, 1.807) is 0 Å². The number of benzene rings is 2. The van der Waals surface area contributed by atoms with Gasteiger partial charge in [-0.2, -0.15) is 12.7 Å². The molecule has 5 aromatic rings. The maximum absolute atomic E-state index is 6.38. The second-order valence-corrected chi connectivity index (χ2v) is 10.7. The van der Waals surface area contributed by atoms with Crippen LogP contribution in [0.1, 0.15) is 37.7 Å². The fraction of sp³-hybridized carbons (Fsp3) is 0.219. The predicted molar refractivity (Wildman–Crippen MR) is 152 cm³/mol. The first-order valence-corrected chi connectivity index (χ1v) is 12.7. The molecule has 7 heteroatoms. The van der Waals surface area contributed by atoms with E-state index in [-0.39, 0.29) is 26.5 Å². The van der Waals surface area contributed by atoms with Crippen molar-refractivity contribution < 1.29 is 25.8 Å². The van der Waals surface area contributed by atoms with Crippen molar-refractivity contribution in [2.24, 2.45) is 0 Å². The number of hydrogen-bond donors (Lipinski definition) is 0. The van der Waals surface area contributed by atoms with Crippen LogP contribution in [0.15, 0.2) is 67.0 Å². The first kappa shape index (κ1) is 27.0. The third kappa shape index (κ3) is 4.94. The summed E-state index contributed by atoms with van der Waals surface area (Å²) in [7, 11) is 2.04. The number of ether oxygens (including phenoxy) is 1. The molecule has 0 amide bonds. The number of anilines is 3. The molecular weight excluding hydrogens is 665 g/mol. The Labute approximate surface area is 244 Å². The van der Waals surface area contributed by atoms with Crippen LogP contribution in [0.25, 0.3) is 16.9 Å².